The Morgan fingerprint density at radius 1 is 1.46 bits per heavy atom. The maximum absolute atomic E-state index is 10.5. The Bertz CT molecular complexity index is 348. The second-order valence-electron chi connectivity index (χ2n) is 2.72. The third-order valence-electron chi connectivity index (χ3n) is 1.74. The van der Waals surface area contributed by atoms with Gasteiger partial charge in [0.2, 0.25) is 0 Å². The van der Waals surface area contributed by atoms with Crippen LogP contribution < -0.4 is 0 Å². The van der Waals surface area contributed by atoms with E-state index in [4.69, 9.17) is 5.11 Å². The lowest BCUT2D eigenvalue weighted by Gasteiger charge is -2.06. The maximum atomic E-state index is 10.5. The van der Waals surface area contributed by atoms with Crippen molar-refractivity contribution in [2.24, 2.45) is 0 Å². The van der Waals surface area contributed by atoms with Gasteiger partial charge in [0.05, 0.1) is 6.42 Å². The standard InChI is InChI=1S/C9H8Br2O2/c1-5-7(10)3-2-6(9(5)11)4-8(12)13/h2-3H,4H2,1H3,(H,12,13). The van der Waals surface area contributed by atoms with Gasteiger partial charge in [-0.15, -0.1) is 0 Å². The third-order valence-corrected chi connectivity index (χ3v) is 3.71. The molecule has 0 heterocycles. The first-order valence-electron chi connectivity index (χ1n) is 3.67. The van der Waals surface area contributed by atoms with E-state index in [1.54, 1.807) is 6.07 Å². The Balaban J connectivity index is 3.10. The van der Waals surface area contributed by atoms with Crippen LogP contribution in [-0.4, -0.2) is 11.1 Å². The molecular formula is C9H8Br2O2. The molecule has 0 bridgehead atoms. The lowest BCUT2D eigenvalue weighted by Crippen LogP contribution is -2.01. The minimum absolute atomic E-state index is 0.0503. The summed E-state index contributed by atoms with van der Waals surface area (Å²) in [5.74, 6) is -0.817. The minimum atomic E-state index is -0.817. The van der Waals surface area contributed by atoms with Gasteiger partial charge in [0.1, 0.15) is 0 Å². The molecule has 0 saturated heterocycles. The molecule has 0 spiro atoms. The minimum Gasteiger partial charge on any atom is -0.481 e. The molecule has 1 aromatic carbocycles. The average molecular weight is 308 g/mol. The highest BCUT2D eigenvalue weighted by atomic mass is 79.9. The quantitative estimate of drug-likeness (QED) is 0.911. The summed E-state index contributed by atoms with van der Waals surface area (Å²) in [6, 6.07) is 3.66. The van der Waals surface area contributed by atoms with Crippen LogP contribution >= 0.6 is 31.9 Å². The van der Waals surface area contributed by atoms with Crippen molar-refractivity contribution in [1.82, 2.24) is 0 Å². The highest BCUT2D eigenvalue weighted by Gasteiger charge is 2.08. The Kier molecular flexibility index (Phi) is 3.50. The van der Waals surface area contributed by atoms with Crippen molar-refractivity contribution < 1.29 is 9.90 Å². The molecule has 0 unspecified atom stereocenters. The lowest BCUT2D eigenvalue weighted by atomic mass is 10.1. The monoisotopic (exact) mass is 306 g/mol. The Morgan fingerprint density at radius 3 is 2.62 bits per heavy atom. The molecule has 0 radical (unpaired) electrons. The van der Waals surface area contributed by atoms with Crippen molar-refractivity contribution in [1.29, 1.82) is 0 Å². The molecule has 1 aromatic rings. The summed E-state index contributed by atoms with van der Waals surface area (Å²) in [4.78, 5) is 10.5. The number of carboxylic acid groups (broad SMARTS) is 1. The smallest absolute Gasteiger partial charge is 0.307 e. The topological polar surface area (TPSA) is 37.3 Å². The summed E-state index contributed by atoms with van der Waals surface area (Å²) in [6.07, 6.45) is 0.0503. The van der Waals surface area contributed by atoms with Gasteiger partial charge in [-0.05, 0) is 24.1 Å². The number of carboxylic acids is 1. The first-order valence-corrected chi connectivity index (χ1v) is 5.26. The van der Waals surface area contributed by atoms with E-state index in [0.717, 1.165) is 20.1 Å². The summed E-state index contributed by atoms with van der Waals surface area (Å²) in [6.45, 7) is 1.93. The molecular weight excluding hydrogens is 300 g/mol. The lowest BCUT2D eigenvalue weighted by molar-refractivity contribution is -0.136. The highest BCUT2D eigenvalue weighted by Crippen LogP contribution is 2.28. The number of hydrogen-bond acceptors (Lipinski definition) is 1. The van der Waals surface area contributed by atoms with Crippen LogP contribution in [0.5, 0.6) is 0 Å². The van der Waals surface area contributed by atoms with E-state index in [2.05, 4.69) is 31.9 Å². The summed E-state index contributed by atoms with van der Waals surface area (Å²) >= 11 is 6.74. The summed E-state index contributed by atoms with van der Waals surface area (Å²) in [7, 11) is 0. The molecule has 0 fully saturated rings. The van der Waals surface area contributed by atoms with Crippen LogP contribution in [0, 0.1) is 6.92 Å². The van der Waals surface area contributed by atoms with Crippen LogP contribution in [0.4, 0.5) is 0 Å². The number of hydrogen-bond donors (Lipinski definition) is 1. The van der Waals surface area contributed by atoms with Crippen molar-refractivity contribution in [3.05, 3.63) is 32.2 Å². The molecule has 13 heavy (non-hydrogen) atoms. The molecule has 0 aliphatic heterocycles. The zero-order valence-electron chi connectivity index (χ0n) is 6.97. The molecule has 0 saturated carbocycles. The van der Waals surface area contributed by atoms with Gasteiger partial charge in [0.25, 0.3) is 0 Å². The predicted octanol–water partition coefficient (Wildman–Crippen LogP) is 3.15. The highest BCUT2D eigenvalue weighted by molar-refractivity contribution is 9.11. The van der Waals surface area contributed by atoms with Crippen molar-refractivity contribution in [2.45, 2.75) is 13.3 Å². The van der Waals surface area contributed by atoms with Crippen LogP contribution in [0.25, 0.3) is 0 Å². The van der Waals surface area contributed by atoms with Gasteiger partial charge >= 0.3 is 5.97 Å². The van der Waals surface area contributed by atoms with E-state index in [1.807, 2.05) is 13.0 Å². The van der Waals surface area contributed by atoms with Crippen molar-refractivity contribution in [3.63, 3.8) is 0 Å². The molecule has 2 nitrogen and oxygen atoms in total. The molecule has 0 aliphatic rings. The van der Waals surface area contributed by atoms with Crippen molar-refractivity contribution in [3.8, 4) is 0 Å². The van der Waals surface area contributed by atoms with E-state index < -0.39 is 5.97 Å². The Hall–Kier alpha value is -0.350. The molecule has 0 amide bonds. The van der Waals surface area contributed by atoms with Gasteiger partial charge in [-0.25, -0.2) is 0 Å². The van der Waals surface area contributed by atoms with Gasteiger partial charge < -0.3 is 5.11 Å². The second-order valence-corrected chi connectivity index (χ2v) is 4.36. The first kappa shape index (κ1) is 10.7. The zero-order valence-corrected chi connectivity index (χ0v) is 10.1. The van der Waals surface area contributed by atoms with Gasteiger partial charge in [0, 0.05) is 8.95 Å². The Labute approximate surface area is 93.2 Å². The van der Waals surface area contributed by atoms with Crippen LogP contribution in [0.1, 0.15) is 11.1 Å². The number of carbonyl (C=O) groups is 1. The predicted molar refractivity (Wildman–Crippen MR) is 57.9 cm³/mol. The van der Waals surface area contributed by atoms with Gasteiger partial charge in [-0.3, -0.25) is 4.79 Å². The van der Waals surface area contributed by atoms with E-state index in [9.17, 15) is 4.79 Å². The van der Waals surface area contributed by atoms with E-state index in [0.29, 0.717) is 0 Å². The second kappa shape index (κ2) is 4.24. The molecule has 1 N–H and O–H groups in total. The Morgan fingerprint density at radius 2 is 2.08 bits per heavy atom. The van der Waals surface area contributed by atoms with Crippen LogP contribution in [0.15, 0.2) is 21.1 Å². The number of aliphatic carboxylic acids is 1. The normalized spacial score (nSPS) is 10.1. The molecule has 70 valence electrons. The van der Waals surface area contributed by atoms with Crippen LogP contribution in [-0.2, 0) is 11.2 Å². The van der Waals surface area contributed by atoms with Gasteiger partial charge in [0.15, 0.2) is 0 Å². The fourth-order valence-corrected chi connectivity index (χ4v) is 2.10. The van der Waals surface area contributed by atoms with Gasteiger partial charge in [-0.2, -0.15) is 0 Å². The average Bonchev–Trinajstić information content (AvgIpc) is 2.06. The third kappa shape index (κ3) is 2.54. The molecule has 0 atom stereocenters. The molecule has 0 aromatic heterocycles. The number of rotatable bonds is 2. The summed E-state index contributed by atoms with van der Waals surface area (Å²) in [5.41, 5.74) is 1.83. The van der Waals surface area contributed by atoms with Crippen molar-refractivity contribution in [2.75, 3.05) is 0 Å². The SMILES string of the molecule is Cc1c(Br)ccc(CC(=O)O)c1Br. The largest absolute Gasteiger partial charge is 0.481 e. The van der Waals surface area contributed by atoms with E-state index in [1.165, 1.54) is 0 Å². The first-order chi connectivity index (χ1) is 6.02. The summed E-state index contributed by atoms with van der Waals surface area (Å²) in [5, 5.41) is 8.62. The van der Waals surface area contributed by atoms with E-state index in [-0.39, 0.29) is 6.42 Å². The summed E-state index contributed by atoms with van der Waals surface area (Å²) < 4.78 is 1.85. The number of benzene rings is 1. The van der Waals surface area contributed by atoms with Crippen LogP contribution in [0.3, 0.4) is 0 Å². The van der Waals surface area contributed by atoms with Crippen LogP contribution in [0.2, 0.25) is 0 Å². The maximum Gasteiger partial charge on any atom is 0.307 e. The zero-order chi connectivity index (χ0) is 10.0. The molecule has 1 rings (SSSR count). The fourth-order valence-electron chi connectivity index (χ4n) is 1.02. The molecule has 4 heteroatoms. The van der Waals surface area contributed by atoms with Gasteiger partial charge in [-0.1, -0.05) is 37.9 Å². The molecule has 0 aliphatic carbocycles. The fraction of sp³-hybridized carbons (Fsp3) is 0.222. The van der Waals surface area contributed by atoms with E-state index >= 15 is 0 Å². The van der Waals surface area contributed by atoms with Crippen molar-refractivity contribution >= 4 is 37.8 Å². The number of halogens is 2.